The highest BCUT2D eigenvalue weighted by Gasteiger charge is 2.28. The molecule has 0 aromatic carbocycles. The molecular formula is C16H27N3S. The Hall–Kier alpha value is -1.03. The Kier molecular flexibility index (Phi) is 5.08. The zero-order valence-electron chi connectivity index (χ0n) is 13.1. The predicted molar refractivity (Wildman–Crippen MR) is 88.7 cm³/mol. The maximum Gasteiger partial charge on any atom is 0.169 e. The molecule has 0 saturated carbocycles. The Balaban J connectivity index is 2.23. The minimum absolute atomic E-state index is 0.386. The van der Waals surface area contributed by atoms with E-state index in [0.717, 1.165) is 17.6 Å². The van der Waals surface area contributed by atoms with Crippen LogP contribution in [-0.2, 0) is 7.05 Å². The van der Waals surface area contributed by atoms with Gasteiger partial charge in [-0.3, -0.25) is 0 Å². The molecule has 1 aromatic heterocycles. The molecule has 112 valence electrons. The quantitative estimate of drug-likeness (QED) is 0.843. The van der Waals surface area contributed by atoms with Gasteiger partial charge in [0.25, 0.3) is 0 Å². The summed E-state index contributed by atoms with van der Waals surface area (Å²) in [5.74, 6) is 0.782. The normalized spacial score (nSPS) is 23.8. The van der Waals surface area contributed by atoms with Gasteiger partial charge in [0.15, 0.2) is 5.11 Å². The van der Waals surface area contributed by atoms with Crippen molar-refractivity contribution >= 4 is 17.3 Å². The number of hydrogen-bond acceptors (Lipinski definition) is 1. The van der Waals surface area contributed by atoms with E-state index in [1.807, 2.05) is 0 Å². The van der Waals surface area contributed by atoms with Crippen LogP contribution >= 0.6 is 12.2 Å². The number of hydrogen-bond donors (Lipinski definition) is 1. The molecule has 0 bridgehead atoms. The summed E-state index contributed by atoms with van der Waals surface area (Å²) in [5.41, 5.74) is 1.37. The second-order valence-electron chi connectivity index (χ2n) is 6.33. The first-order chi connectivity index (χ1) is 9.49. The Morgan fingerprint density at radius 3 is 2.70 bits per heavy atom. The number of thiocarbonyl (C=S) groups is 1. The van der Waals surface area contributed by atoms with Crippen LogP contribution in [0.5, 0.6) is 0 Å². The van der Waals surface area contributed by atoms with Gasteiger partial charge >= 0.3 is 0 Å². The summed E-state index contributed by atoms with van der Waals surface area (Å²) in [5, 5.41) is 4.32. The lowest BCUT2D eigenvalue weighted by atomic mass is 10.0. The van der Waals surface area contributed by atoms with Gasteiger partial charge in [-0.15, -0.1) is 0 Å². The van der Waals surface area contributed by atoms with E-state index >= 15 is 0 Å². The van der Waals surface area contributed by atoms with Crippen molar-refractivity contribution in [1.82, 2.24) is 14.8 Å². The van der Waals surface area contributed by atoms with Crippen molar-refractivity contribution in [2.75, 3.05) is 6.54 Å². The molecule has 1 N–H and O–H groups in total. The fourth-order valence-corrected chi connectivity index (χ4v) is 3.41. The molecule has 0 aliphatic carbocycles. The van der Waals surface area contributed by atoms with E-state index in [1.165, 1.54) is 25.0 Å². The first kappa shape index (κ1) is 15.4. The summed E-state index contributed by atoms with van der Waals surface area (Å²) in [6.45, 7) is 7.69. The monoisotopic (exact) mass is 293 g/mol. The lowest BCUT2D eigenvalue weighted by Crippen LogP contribution is -2.44. The molecular weight excluding hydrogens is 266 g/mol. The molecule has 20 heavy (non-hydrogen) atoms. The maximum absolute atomic E-state index is 5.65. The van der Waals surface area contributed by atoms with E-state index in [4.69, 9.17) is 12.2 Å². The lowest BCUT2D eigenvalue weighted by Gasteiger charge is -2.33. The summed E-state index contributed by atoms with van der Waals surface area (Å²) < 4.78 is 2.23. The number of nitrogens with zero attached hydrogens (tertiary/aromatic N) is 2. The summed E-state index contributed by atoms with van der Waals surface area (Å²) in [4.78, 5) is 2.40. The van der Waals surface area contributed by atoms with Crippen LogP contribution in [0.15, 0.2) is 18.3 Å². The van der Waals surface area contributed by atoms with Crippen molar-refractivity contribution in [2.45, 2.75) is 52.1 Å². The minimum Gasteiger partial charge on any atom is -0.360 e. The maximum atomic E-state index is 5.65. The molecule has 1 aliphatic heterocycles. The molecule has 0 unspecified atom stereocenters. The third kappa shape index (κ3) is 3.54. The highest BCUT2D eigenvalue weighted by Crippen LogP contribution is 2.32. The summed E-state index contributed by atoms with van der Waals surface area (Å²) in [6, 6.07) is 5.14. The molecule has 0 spiro atoms. The van der Waals surface area contributed by atoms with E-state index in [9.17, 15) is 0 Å². The largest absolute Gasteiger partial charge is 0.360 e. The van der Waals surface area contributed by atoms with Gasteiger partial charge in [0, 0.05) is 31.5 Å². The average molecular weight is 293 g/mol. The van der Waals surface area contributed by atoms with E-state index in [-0.39, 0.29) is 0 Å². The molecule has 1 aliphatic rings. The van der Waals surface area contributed by atoms with Crippen LogP contribution in [0.4, 0.5) is 0 Å². The number of aromatic nitrogens is 1. The molecule has 2 heterocycles. The van der Waals surface area contributed by atoms with Gasteiger partial charge in [-0.25, -0.2) is 0 Å². The van der Waals surface area contributed by atoms with Crippen molar-refractivity contribution in [3.8, 4) is 0 Å². The number of likely N-dealkylation sites (tertiary alicyclic amines) is 1. The topological polar surface area (TPSA) is 20.2 Å². The van der Waals surface area contributed by atoms with Gasteiger partial charge in [0.2, 0.25) is 0 Å². The Morgan fingerprint density at radius 1 is 1.35 bits per heavy atom. The average Bonchev–Trinajstić information content (AvgIpc) is 2.68. The first-order valence-electron chi connectivity index (χ1n) is 7.67. The van der Waals surface area contributed by atoms with Crippen molar-refractivity contribution in [1.29, 1.82) is 0 Å². The second-order valence-corrected chi connectivity index (χ2v) is 6.72. The molecule has 4 heteroatoms. The Labute approximate surface area is 128 Å². The van der Waals surface area contributed by atoms with Crippen molar-refractivity contribution in [3.05, 3.63) is 24.0 Å². The van der Waals surface area contributed by atoms with Gasteiger partial charge in [0.1, 0.15) is 0 Å². The highest BCUT2D eigenvalue weighted by atomic mass is 32.1. The third-order valence-electron chi connectivity index (χ3n) is 4.17. The standard InChI is InChI=1S/C16H27N3S/c1-12(2)17-16(20)19-11-9-13(3)7-8-15(19)14-6-5-10-18(14)4/h5-6,10,12-13,15H,7-9,11H2,1-4H3,(H,17,20)/t13-,15+/m0/s1. The molecule has 0 radical (unpaired) electrons. The Bertz CT molecular complexity index is 452. The van der Waals surface area contributed by atoms with Gasteiger partial charge in [-0.1, -0.05) is 6.92 Å². The minimum atomic E-state index is 0.386. The molecule has 1 saturated heterocycles. The molecule has 2 atom stereocenters. The zero-order valence-corrected chi connectivity index (χ0v) is 13.9. The van der Waals surface area contributed by atoms with Crippen LogP contribution in [-0.4, -0.2) is 27.2 Å². The van der Waals surface area contributed by atoms with Crippen molar-refractivity contribution in [3.63, 3.8) is 0 Å². The SMILES string of the molecule is CC(C)NC(=S)N1CC[C@@H](C)CC[C@@H]1c1cccn1C. The van der Waals surface area contributed by atoms with Gasteiger partial charge < -0.3 is 14.8 Å². The predicted octanol–water partition coefficient (Wildman–Crippen LogP) is 3.47. The fourth-order valence-electron chi connectivity index (χ4n) is 2.96. The Morgan fingerprint density at radius 2 is 2.10 bits per heavy atom. The van der Waals surface area contributed by atoms with Gasteiger partial charge in [-0.05, 0) is 63.4 Å². The van der Waals surface area contributed by atoms with E-state index in [2.05, 4.69) is 60.9 Å². The molecule has 0 amide bonds. The van der Waals surface area contributed by atoms with Crippen LogP contribution < -0.4 is 5.32 Å². The summed E-state index contributed by atoms with van der Waals surface area (Å²) in [7, 11) is 2.13. The van der Waals surface area contributed by atoms with Crippen LogP contribution in [0.1, 0.15) is 51.8 Å². The molecule has 1 aromatic rings. The number of aryl methyl sites for hydroxylation is 1. The van der Waals surface area contributed by atoms with E-state index < -0.39 is 0 Å². The molecule has 3 nitrogen and oxygen atoms in total. The van der Waals surface area contributed by atoms with Crippen LogP contribution in [0.25, 0.3) is 0 Å². The van der Waals surface area contributed by atoms with Crippen molar-refractivity contribution in [2.24, 2.45) is 13.0 Å². The second kappa shape index (κ2) is 6.61. The van der Waals surface area contributed by atoms with Crippen molar-refractivity contribution < 1.29 is 0 Å². The van der Waals surface area contributed by atoms with Crippen LogP contribution in [0.2, 0.25) is 0 Å². The van der Waals surface area contributed by atoms with Gasteiger partial charge in [0.05, 0.1) is 6.04 Å². The van der Waals surface area contributed by atoms with Crippen LogP contribution in [0.3, 0.4) is 0 Å². The summed E-state index contributed by atoms with van der Waals surface area (Å²) >= 11 is 5.65. The first-order valence-corrected chi connectivity index (χ1v) is 8.08. The fraction of sp³-hybridized carbons (Fsp3) is 0.688. The smallest absolute Gasteiger partial charge is 0.169 e. The molecule has 2 rings (SSSR count). The molecule has 1 fully saturated rings. The highest BCUT2D eigenvalue weighted by molar-refractivity contribution is 7.80. The number of nitrogens with one attached hydrogen (secondary N) is 1. The lowest BCUT2D eigenvalue weighted by molar-refractivity contribution is 0.304. The summed E-state index contributed by atoms with van der Waals surface area (Å²) in [6.07, 6.45) is 5.80. The zero-order chi connectivity index (χ0) is 14.7. The third-order valence-corrected chi connectivity index (χ3v) is 4.52. The van der Waals surface area contributed by atoms with E-state index in [1.54, 1.807) is 0 Å². The van der Waals surface area contributed by atoms with Crippen LogP contribution in [0, 0.1) is 5.92 Å². The van der Waals surface area contributed by atoms with Gasteiger partial charge in [-0.2, -0.15) is 0 Å². The number of rotatable bonds is 2. The van der Waals surface area contributed by atoms with E-state index in [0.29, 0.717) is 12.1 Å².